The molecule has 0 bridgehead atoms. The van der Waals surface area contributed by atoms with Crippen LogP contribution in [0, 0.1) is 6.92 Å². The van der Waals surface area contributed by atoms with Crippen molar-refractivity contribution in [3.63, 3.8) is 0 Å². The van der Waals surface area contributed by atoms with E-state index in [-0.39, 0.29) is 0 Å². The van der Waals surface area contributed by atoms with E-state index in [1.165, 1.54) is 5.56 Å². The standard InChI is InChI=1S/C16H14ClN5/c1-10-2-3-11(8-13(10)17)22-16-12(4-5-20-16)15(21-22)14-9-18-6-7-19-14/h2-3,6-9,20H,4-5H2,1H3. The van der Waals surface area contributed by atoms with Crippen LogP contribution in [0.4, 0.5) is 5.82 Å². The average molecular weight is 312 g/mol. The monoisotopic (exact) mass is 311 g/mol. The number of hydrogen-bond acceptors (Lipinski definition) is 4. The summed E-state index contributed by atoms with van der Waals surface area (Å²) in [6.07, 6.45) is 6.03. The number of anilines is 1. The van der Waals surface area contributed by atoms with Gasteiger partial charge in [-0.25, -0.2) is 4.68 Å². The van der Waals surface area contributed by atoms with E-state index < -0.39 is 0 Å². The van der Waals surface area contributed by atoms with Crippen molar-refractivity contribution in [1.29, 1.82) is 0 Å². The predicted molar refractivity (Wildman–Crippen MR) is 86.5 cm³/mol. The van der Waals surface area contributed by atoms with Crippen LogP contribution in [-0.2, 0) is 6.42 Å². The van der Waals surface area contributed by atoms with Crippen molar-refractivity contribution in [3.05, 3.63) is 52.9 Å². The summed E-state index contributed by atoms with van der Waals surface area (Å²) >= 11 is 6.25. The summed E-state index contributed by atoms with van der Waals surface area (Å²) in [5, 5.41) is 8.87. The van der Waals surface area contributed by atoms with E-state index in [0.717, 1.165) is 46.4 Å². The molecule has 0 saturated carbocycles. The molecule has 0 atom stereocenters. The van der Waals surface area contributed by atoms with Crippen molar-refractivity contribution in [1.82, 2.24) is 19.7 Å². The molecule has 0 aliphatic carbocycles. The number of hydrogen-bond donors (Lipinski definition) is 1. The van der Waals surface area contributed by atoms with Gasteiger partial charge in [0.05, 0.1) is 11.9 Å². The van der Waals surface area contributed by atoms with Gasteiger partial charge >= 0.3 is 0 Å². The molecule has 3 aromatic rings. The van der Waals surface area contributed by atoms with Gasteiger partial charge in [0.15, 0.2) is 0 Å². The molecule has 6 heteroatoms. The fourth-order valence-corrected chi connectivity index (χ4v) is 2.88. The summed E-state index contributed by atoms with van der Waals surface area (Å²) in [4.78, 5) is 8.51. The first kappa shape index (κ1) is 13.3. The Kier molecular flexibility index (Phi) is 3.08. The number of nitrogens with zero attached hydrogens (tertiary/aromatic N) is 4. The highest BCUT2D eigenvalue weighted by atomic mass is 35.5. The molecule has 1 aromatic carbocycles. The lowest BCUT2D eigenvalue weighted by Gasteiger charge is -2.08. The molecular weight excluding hydrogens is 298 g/mol. The topological polar surface area (TPSA) is 55.6 Å². The van der Waals surface area contributed by atoms with Gasteiger partial charge in [0.1, 0.15) is 17.2 Å². The zero-order valence-corrected chi connectivity index (χ0v) is 12.8. The Morgan fingerprint density at radius 1 is 1.27 bits per heavy atom. The molecule has 110 valence electrons. The van der Waals surface area contributed by atoms with Gasteiger partial charge in [-0.1, -0.05) is 17.7 Å². The van der Waals surface area contributed by atoms with Crippen molar-refractivity contribution in [3.8, 4) is 17.1 Å². The van der Waals surface area contributed by atoms with E-state index >= 15 is 0 Å². The van der Waals surface area contributed by atoms with Crippen LogP contribution in [-0.4, -0.2) is 26.3 Å². The maximum Gasteiger partial charge on any atom is 0.133 e. The first-order valence-corrected chi connectivity index (χ1v) is 7.50. The Balaban J connectivity index is 1.89. The molecule has 22 heavy (non-hydrogen) atoms. The molecule has 0 spiro atoms. The lowest BCUT2D eigenvalue weighted by molar-refractivity contribution is 0.879. The fraction of sp³-hybridized carbons (Fsp3) is 0.188. The quantitative estimate of drug-likeness (QED) is 0.789. The molecule has 1 aliphatic heterocycles. The third-order valence-corrected chi connectivity index (χ3v) is 4.26. The molecule has 1 N–H and O–H groups in total. The minimum absolute atomic E-state index is 0.737. The predicted octanol–water partition coefficient (Wildman–Crippen LogP) is 3.26. The zero-order valence-electron chi connectivity index (χ0n) is 12.0. The molecule has 0 unspecified atom stereocenters. The van der Waals surface area contributed by atoms with Gasteiger partial charge in [-0.2, -0.15) is 5.10 Å². The molecule has 0 saturated heterocycles. The average Bonchev–Trinajstić information content (AvgIpc) is 3.13. The van der Waals surface area contributed by atoms with Crippen LogP contribution < -0.4 is 5.32 Å². The summed E-state index contributed by atoms with van der Waals surface area (Å²) in [6, 6.07) is 5.96. The number of benzene rings is 1. The molecule has 4 rings (SSSR count). The molecule has 3 heterocycles. The van der Waals surface area contributed by atoms with Gasteiger partial charge in [0.2, 0.25) is 0 Å². The Morgan fingerprint density at radius 3 is 2.95 bits per heavy atom. The van der Waals surface area contributed by atoms with Crippen LogP contribution >= 0.6 is 11.6 Å². The minimum Gasteiger partial charge on any atom is -0.369 e. The maximum atomic E-state index is 6.25. The molecule has 5 nitrogen and oxygen atoms in total. The number of aryl methyl sites for hydroxylation is 1. The van der Waals surface area contributed by atoms with Crippen molar-refractivity contribution < 1.29 is 0 Å². The summed E-state index contributed by atoms with van der Waals surface area (Å²) in [5.41, 5.74) is 4.84. The molecular formula is C16H14ClN5. The highest BCUT2D eigenvalue weighted by molar-refractivity contribution is 6.31. The van der Waals surface area contributed by atoms with E-state index in [1.807, 2.05) is 29.8 Å². The lowest BCUT2D eigenvalue weighted by atomic mass is 10.1. The Labute approximate surface area is 133 Å². The van der Waals surface area contributed by atoms with Crippen LogP contribution in [0.25, 0.3) is 17.1 Å². The largest absolute Gasteiger partial charge is 0.369 e. The molecule has 0 amide bonds. The second kappa shape index (κ2) is 5.10. The SMILES string of the molecule is Cc1ccc(-n2nc(-c3cnccn3)c3c2NCC3)cc1Cl. The second-order valence-electron chi connectivity index (χ2n) is 5.29. The summed E-state index contributed by atoms with van der Waals surface area (Å²) in [5.74, 6) is 1.01. The normalized spacial score (nSPS) is 13.0. The number of rotatable bonds is 2. The van der Waals surface area contributed by atoms with E-state index in [1.54, 1.807) is 18.6 Å². The van der Waals surface area contributed by atoms with E-state index in [4.69, 9.17) is 16.7 Å². The van der Waals surface area contributed by atoms with Gasteiger partial charge in [-0.15, -0.1) is 0 Å². The van der Waals surface area contributed by atoms with Crippen molar-refractivity contribution in [2.75, 3.05) is 11.9 Å². The van der Waals surface area contributed by atoms with E-state index in [9.17, 15) is 0 Å². The number of fused-ring (bicyclic) bond motifs is 1. The van der Waals surface area contributed by atoms with Gasteiger partial charge in [0.25, 0.3) is 0 Å². The Morgan fingerprint density at radius 2 is 2.18 bits per heavy atom. The molecule has 2 aromatic heterocycles. The van der Waals surface area contributed by atoms with E-state index in [2.05, 4.69) is 15.3 Å². The van der Waals surface area contributed by atoms with Crippen molar-refractivity contribution in [2.45, 2.75) is 13.3 Å². The highest BCUT2D eigenvalue weighted by Gasteiger charge is 2.24. The maximum absolute atomic E-state index is 6.25. The Bertz CT molecular complexity index is 841. The van der Waals surface area contributed by atoms with Gasteiger partial charge in [-0.3, -0.25) is 9.97 Å². The van der Waals surface area contributed by atoms with Crippen molar-refractivity contribution in [2.24, 2.45) is 0 Å². The van der Waals surface area contributed by atoms with Gasteiger partial charge < -0.3 is 5.32 Å². The second-order valence-corrected chi connectivity index (χ2v) is 5.70. The molecule has 0 fully saturated rings. The van der Waals surface area contributed by atoms with Gasteiger partial charge in [-0.05, 0) is 31.0 Å². The summed E-state index contributed by atoms with van der Waals surface area (Å²) in [6.45, 7) is 2.89. The highest BCUT2D eigenvalue weighted by Crippen LogP contribution is 2.34. The van der Waals surface area contributed by atoms with Crippen LogP contribution in [0.1, 0.15) is 11.1 Å². The Hall–Kier alpha value is -2.40. The number of aromatic nitrogens is 4. The fourth-order valence-electron chi connectivity index (χ4n) is 2.70. The summed E-state index contributed by atoms with van der Waals surface area (Å²) in [7, 11) is 0. The van der Waals surface area contributed by atoms with Crippen LogP contribution in [0.3, 0.4) is 0 Å². The molecule has 0 radical (unpaired) electrons. The third-order valence-electron chi connectivity index (χ3n) is 3.86. The minimum atomic E-state index is 0.737. The van der Waals surface area contributed by atoms with Gasteiger partial charge in [0, 0.05) is 29.5 Å². The zero-order chi connectivity index (χ0) is 15.1. The van der Waals surface area contributed by atoms with Crippen LogP contribution in [0.5, 0.6) is 0 Å². The van der Waals surface area contributed by atoms with E-state index in [0.29, 0.717) is 0 Å². The first-order chi connectivity index (χ1) is 10.7. The van der Waals surface area contributed by atoms with Crippen LogP contribution in [0.15, 0.2) is 36.8 Å². The lowest BCUT2D eigenvalue weighted by Crippen LogP contribution is -2.04. The first-order valence-electron chi connectivity index (χ1n) is 7.13. The number of halogens is 1. The van der Waals surface area contributed by atoms with Crippen molar-refractivity contribution >= 4 is 17.4 Å². The smallest absolute Gasteiger partial charge is 0.133 e. The third kappa shape index (κ3) is 2.05. The number of nitrogens with one attached hydrogen (secondary N) is 1. The molecule has 1 aliphatic rings. The summed E-state index contributed by atoms with van der Waals surface area (Å²) < 4.78 is 1.90. The van der Waals surface area contributed by atoms with Crippen LogP contribution in [0.2, 0.25) is 5.02 Å².